The summed E-state index contributed by atoms with van der Waals surface area (Å²) >= 11 is 0. The van der Waals surface area contributed by atoms with E-state index in [1.807, 2.05) is 49.5 Å². The number of hydrogen-bond donors (Lipinski definition) is 2. The Labute approximate surface area is 212 Å². The molecule has 0 radical (unpaired) electrons. The number of nitrogens with zero attached hydrogens (tertiary/aromatic N) is 2. The molecule has 2 aromatic carbocycles. The van der Waals surface area contributed by atoms with Crippen molar-refractivity contribution in [1.29, 1.82) is 0 Å². The second-order valence-corrected chi connectivity index (χ2v) is 9.36. The molecule has 2 N–H and O–H groups in total. The van der Waals surface area contributed by atoms with Gasteiger partial charge in [-0.25, -0.2) is 0 Å². The molecule has 8 heteroatoms. The van der Waals surface area contributed by atoms with Gasteiger partial charge in [0.25, 0.3) is 0 Å². The summed E-state index contributed by atoms with van der Waals surface area (Å²) in [7, 11) is 5.26. The van der Waals surface area contributed by atoms with Crippen molar-refractivity contribution in [3.63, 3.8) is 0 Å². The lowest BCUT2D eigenvalue weighted by molar-refractivity contribution is -0.122. The van der Waals surface area contributed by atoms with Crippen LogP contribution in [0.25, 0.3) is 0 Å². The average molecular weight is 493 g/mol. The maximum atomic E-state index is 12.8. The van der Waals surface area contributed by atoms with Gasteiger partial charge >= 0.3 is 0 Å². The Morgan fingerprint density at radius 2 is 1.92 bits per heavy atom. The Kier molecular flexibility index (Phi) is 8.84. The van der Waals surface area contributed by atoms with Gasteiger partial charge in [0.05, 0.1) is 26.5 Å². The highest BCUT2D eigenvalue weighted by Gasteiger charge is 2.28. The maximum absolute atomic E-state index is 12.8. The molecule has 1 aliphatic rings. The van der Waals surface area contributed by atoms with Gasteiger partial charge in [-0.2, -0.15) is 0 Å². The molecule has 2 atom stereocenters. The highest BCUT2D eigenvalue weighted by atomic mass is 16.5. The molecular weight excluding hydrogens is 456 g/mol. The zero-order chi connectivity index (χ0) is 25.3. The van der Waals surface area contributed by atoms with Crippen LogP contribution in [0.4, 0.5) is 5.69 Å². The summed E-state index contributed by atoms with van der Waals surface area (Å²) in [6, 6.07) is 17.9. The number of piperidine rings is 1. The van der Waals surface area contributed by atoms with E-state index >= 15 is 0 Å². The number of para-hydroxylation sites is 1. The van der Waals surface area contributed by atoms with Crippen LogP contribution >= 0.6 is 0 Å². The lowest BCUT2D eigenvalue weighted by atomic mass is 9.81. The Hall–Kier alpha value is -3.52. The van der Waals surface area contributed by atoms with Crippen molar-refractivity contribution in [3.05, 3.63) is 71.6 Å². The van der Waals surface area contributed by atoms with Crippen molar-refractivity contribution in [1.82, 2.24) is 15.8 Å². The predicted octanol–water partition coefficient (Wildman–Crippen LogP) is 3.80. The molecule has 1 aromatic heterocycles. The highest BCUT2D eigenvalue weighted by Crippen LogP contribution is 2.28. The van der Waals surface area contributed by atoms with Crippen LogP contribution in [0.15, 0.2) is 59.1 Å². The van der Waals surface area contributed by atoms with E-state index in [1.165, 1.54) is 0 Å². The molecule has 0 aliphatic carbocycles. The fourth-order valence-corrected chi connectivity index (χ4v) is 4.79. The third-order valence-electron chi connectivity index (χ3n) is 6.82. The summed E-state index contributed by atoms with van der Waals surface area (Å²) < 4.78 is 16.3. The Morgan fingerprint density at radius 1 is 1.11 bits per heavy atom. The zero-order valence-corrected chi connectivity index (χ0v) is 21.3. The van der Waals surface area contributed by atoms with Crippen molar-refractivity contribution < 1.29 is 18.8 Å². The SMILES string of the molecule is COc1ccc(CNC(=O)C[C@@H]2CCNC[C@H]2Cc2cc(CN(C)c3ccccc3)on2)cc1OC. The molecule has 1 fully saturated rings. The van der Waals surface area contributed by atoms with Gasteiger partial charge in [-0.15, -0.1) is 0 Å². The van der Waals surface area contributed by atoms with Crippen LogP contribution in [0.3, 0.4) is 0 Å². The second kappa shape index (κ2) is 12.4. The number of methoxy groups -OCH3 is 2. The van der Waals surface area contributed by atoms with E-state index in [-0.39, 0.29) is 5.91 Å². The summed E-state index contributed by atoms with van der Waals surface area (Å²) in [5.41, 5.74) is 3.04. The molecule has 8 nitrogen and oxygen atoms in total. The molecule has 192 valence electrons. The molecule has 3 aromatic rings. The lowest BCUT2D eigenvalue weighted by Gasteiger charge is -2.31. The van der Waals surface area contributed by atoms with Crippen LogP contribution in [-0.2, 0) is 24.3 Å². The maximum Gasteiger partial charge on any atom is 0.220 e. The van der Waals surface area contributed by atoms with Crippen molar-refractivity contribution in [2.24, 2.45) is 11.8 Å². The molecular formula is C28H36N4O4. The van der Waals surface area contributed by atoms with E-state index in [0.717, 1.165) is 48.6 Å². The molecule has 2 heterocycles. The average Bonchev–Trinajstić information content (AvgIpc) is 3.35. The number of nitrogens with one attached hydrogen (secondary N) is 2. The first-order valence-electron chi connectivity index (χ1n) is 12.4. The Morgan fingerprint density at radius 3 is 2.69 bits per heavy atom. The molecule has 0 unspecified atom stereocenters. The summed E-state index contributed by atoms with van der Waals surface area (Å²) in [4.78, 5) is 14.9. The van der Waals surface area contributed by atoms with Gasteiger partial charge in [0.2, 0.25) is 5.91 Å². The monoisotopic (exact) mass is 492 g/mol. The normalized spacial score (nSPS) is 17.4. The summed E-state index contributed by atoms with van der Waals surface area (Å²) in [5, 5.41) is 10.9. The predicted molar refractivity (Wildman–Crippen MR) is 139 cm³/mol. The minimum atomic E-state index is 0.0620. The van der Waals surface area contributed by atoms with Crippen LogP contribution < -0.4 is 25.0 Å². The first-order valence-corrected chi connectivity index (χ1v) is 12.4. The number of aromatic nitrogens is 1. The van der Waals surface area contributed by atoms with Crippen molar-refractivity contribution in [3.8, 4) is 11.5 Å². The molecule has 1 aliphatic heterocycles. The number of anilines is 1. The molecule has 36 heavy (non-hydrogen) atoms. The number of carbonyl (C=O) groups is 1. The van der Waals surface area contributed by atoms with Gasteiger partial charge in [0.15, 0.2) is 17.3 Å². The standard InChI is InChI=1S/C28H36N4O4/c1-32(24-7-5-4-6-8-24)19-25-16-23(31-36-25)14-22-18-29-12-11-21(22)15-28(33)30-17-20-9-10-26(34-2)27(13-20)35-3/h4-10,13,16,21-22,29H,11-12,14-15,17-19H2,1-3H3,(H,30,33)/t21-,22+/m0/s1. The van der Waals surface area contributed by atoms with Gasteiger partial charge in [0, 0.05) is 31.8 Å². The van der Waals surface area contributed by atoms with E-state index < -0.39 is 0 Å². The van der Waals surface area contributed by atoms with Crippen LogP contribution in [0, 0.1) is 11.8 Å². The summed E-state index contributed by atoms with van der Waals surface area (Å²) in [5.74, 6) is 2.85. The second-order valence-electron chi connectivity index (χ2n) is 9.36. The molecule has 0 bridgehead atoms. The number of amides is 1. The Bertz CT molecular complexity index is 1120. The number of rotatable bonds is 11. The van der Waals surface area contributed by atoms with Crippen molar-refractivity contribution in [2.45, 2.75) is 32.4 Å². The molecule has 4 rings (SSSR count). The quantitative estimate of drug-likeness (QED) is 0.421. The van der Waals surface area contributed by atoms with Gasteiger partial charge in [-0.3, -0.25) is 4.79 Å². The fraction of sp³-hybridized carbons (Fsp3) is 0.429. The third kappa shape index (κ3) is 6.79. The highest BCUT2D eigenvalue weighted by molar-refractivity contribution is 5.76. The van der Waals surface area contributed by atoms with Crippen LogP contribution in [0.1, 0.15) is 29.9 Å². The van der Waals surface area contributed by atoms with Crippen LogP contribution in [0.5, 0.6) is 11.5 Å². The van der Waals surface area contributed by atoms with Gasteiger partial charge in [-0.1, -0.05) is 29.4 Å². The zero-order valence-electron chi connectivity index (χ0n) is 21.3. The smallest absolute Gasteiger partial charge is 0.220 e. The number of carbonyl (C=O) groups excluding carboxylic acids is 1. The van der Waals surface area contributed by atoms with E-state index in [2.05, 4.69) is 32.8 Å². The van der Waals surface area contributed by atoms with Crippen LogP contribution in [-0.4, -0.2) is 45.4 Å². The molecule has 1 saturated heterocycles. The number of ether oxygens (including phenoxy) is 2. The molecule has 0 spiro atoms. The van der Waals surface area contributed by atoms with Gasteiger partial charge < -0.3 is 29.5 Å². The summed E-state index contributed by atoms with van der Waals surface area (Å²) in [6.07, 6.45) is 2.26. The lowest BCUT2D eigenvalue weighted by Crippen LogP contribution is -2.40. The largest absolute Gasteiger partial charge is 0.493 e. The Balaban J connectivity index is 1.29. The minimum absolute atomic E-state index is 0.0620. The van der Waals surface area contributed by atoms with E-state index in [9.17, 15) is 4.79 Å². The van der Waals surface area contributed by atoms with Crippen LogP contribution in [0.2, 0.25) is 0 Å². The number of benzene rings is 2. The van der Waals surface area contributed by atoms with E-state index in [1.54, 1.807) is 14.2 Å². The fourth-order valence-electron chi connectivity index (χ4n) is 4.79. The first kappa shape index (κ1) is 25.6. The van der Waals surface area contributed by atoms with Gasteiger partial charge in [-0.05, 0) is 67.6 Å². The van der Waals surface area contributed by atoms with E-state index in [4.69, 9.17) is 14.0 Å². The molecule has 0 saturated carbocycles. The minimum Gasteiger partial charge on any atom is -0.493 e. The topological polar surface area (TPSA) is 88.9 Å². The number of hydrogen-bond acceptors (Lipinski definition) is 7. The van der Waals surface area contributed by atoms with Crippen molar-refractivity contribution in [2.75, 3.05) is 39.3 Å². The molecule has 1 amide bonds. The first-order chi connectivity index (χ1) is 17.6. The van der Waals surface area contributed by atoms with Gasteiger partial charge in [0.1, 0.15) is 0 Å². The third-order valence-corrected chi connectivity index (χ3v) is 6.82. The summed E-state index contributed by atoms with van der Waals surface area (Å²) in [6.45, 7) is 2.91. The van der Waals surface area contributed by atoms with E-state index in [0.29, 0.717) is 42.8 Å². The van der Waals surface area contributed by atoms with Crippen molar-refractivity contribution >= 4 is 11.6 Å².